The zero-order valence-electron chi connectivity index (χ0n) is 9.04. The molecule has 3 N–H and O–H groups in total. The van der Waals surface area contributed by atoms with Gasteiger partial charge in [-0.25, -0.2) is 17.9 Å². The van der Waals surface area contributed by atoms with E-state index < -0.39 is 16.0 Å². The minimum atomic E-state index is -3.27. The number of sulfonamides is 1. The molecular formula is C8H12N4O4S. The van der Waals surface area contributed by atoms with Crippen LogP contribution in [0.2, 0.25) is 0 Å². The Morgan fingerprint density at radius 1 is 1.41 bits per heavy atom. The highest BCUT2D eigenvalue weighted by atomic mass is 32.2. The highest BCUT2D eigenvalue weighted by Gasteiger charge is 2.07. The highest BCUT2D eigenvalue weighted by molar-refractivity contribution is 7.89. The SMILES string of the molecule is CNS(=O)(=O)CCNc1ccc(C(=O)O)nn1. The first-order chi connectivity index (χ1) is 7.94. The predicted octanol–water partition coefficient (Wildman–Crippen LogP) is -0.864. The van der Waals surface area contributed by atoms with Crippen molar-refractivity contribution in [2.24, 2.45) is 0 Å². The molecule has 0 spiro atoms. The van der Waals surface area contributed by atoms with Crippen LogP contribution >= 0.6 is 0 Å². The molecule has 1 aromatic rings. The van der Waals surface area contributed by atoms with Crippen LogP contribution in [0.5, 0.6) is 0 Å². The van der Waals surface area contributed by atoms with Crippen molar-refractivity contribution < 1.29 is 18.3 Å². The van der Waals surface area contributed by atoms with Crippen molar-refractivity contribution in [1.29, 1.82) is 0 Å². The third-order valence-corrected chi connectivity index (χ3v) is 3.24. The zero-order valence-corrected chi connectivity index (χ0v) is 9.86. The molecule has 0 fully saturated rings. The maximum absolute atomic E-state index is 11.1. The van der Waals surface area contributed by atoms with E-state index in [-0.39, 0.29) is 18.0 Å². The molecule has 1 aromatic heterocycles. The normalized spacial score (nSPS) is 11.1. The van der Waals surface area contributed by atoms with Crippen molar-refractivity contribution in [3.05, 3.63) is 17.8 Å². The Morgan fingerprint density at radius 2 is 2.12 bits per heavy atom. The standard InChI is InChI=1S/C8H12N4O4S/c1-9-17(15,16)5-4-10-7-3-2-6(8(13)14)11-12-7/h2-3,9H,4-5H2,1H3,(H,10,12)(H,13,14). The van der Waals surface area contributed by atoms with Crippen LogP contribution in [0.1, 0.15) is 10.5 Å². The number of aromatic nitrogens is 2. The Hall–Kier alpha value is -1.74. The van der Waals surface area contributed by atoms with Crippen molar-refractivity contribution in [2.75, 3.05) is 24.7 Å². The summed E-state index contributed by atoms with van der Waals surface area (Å²) in [6.07, 6.45) is 0. The average molecular weight is 260 g/mol. The molecule has 0 aliphatic heterocycles. The molecule has 9 heteroatoms. The molecular weight excluding hydrogens is 248 g/mol. The van der Waals surface area contributed by atoms with Crippen molar-refractivity contribution in [1.82, 2.24) is 14.9 Å². The lowest BCUT2D eigenvalue weighted by molar-refractivity contribution is 0.0689. The first kappa shape index (κ1) is 13.3. The summed E-state index contributed by atoms with van der Waals surface area (Å²) in [6, 6.07) is 2.70. The van der Waals surface area contributed by atoms with Crippen LogP contribution in [-0.2, 0) is 10.0 Å². The van der Waals surface area contributed by atoms with Gasteiger partial charge in [0.25, 0.3) is 0 Å². The topological polar surface area (TPSA) is 121 Å². The molecule has 0 radical (unpaired) electrons. The number of hydrogen-bond donors (Lipinski definition) is 3. The Labute approximate surface area is 98.1 Å². The van der Waals surface area contributed by atoms with E-state index >= 15 is 0 Å². The number of aromatic carboxylic acids is 1. The smallest absolute Gasteiger partial charge is 0.356 e. The van der Waals surface area contributed by atoms with Gasteiger partial charge in [-0.15, -0.1) is 10.2 Å². The van der Waals surface area contributed by atoms with Gasteiger partial charge in [0.05, 0.1) is 5.75 Å². The van der Waals surface area contributed by atoms with Crippen molar-refractivity contribution in [3.63, 3.8) is 0 Å². The number of rotatable bonds is 6. The largest absolute Gasteiger partial charge is 0.476 e. The number of carboxylic acids is 1. The van der Waals surface area contributed by atoms with Gasteiger partial charge in [-0.3, -0.25) is 0 Å². The molecule has 1 rings (SSSR count). The van der Waals surface area contributed by atoms with Gasteiger partial charge in [-0.1, -0.05) is 0 Å². The van der Waals surface area contributed by atoms with Gasteiger partial charge in [-0.2, -0.15) is 0 Å². The molecule has 17 heavy (non-hydrogen) atoms. The lowest BCUT2D eigenvalue weighted by Gasteiger charge is -2.05. The minimum Gasteiger partial charge on any atom is -0.476 e. The molecule has 0 atom stereocenters. The van der Waals surface area contributed by atoms with Crippen LogP contribution in [-0.4, -0.2) is 49.0 Å². The van der Waals surface area contributed by atoms with E-state index in [1.807, 2.05) is 0 Å². The van der Waals surface area contributed by atoms with E-state index in [0.717, 1.165) is 0 Å². The zero-order chi connectivity index (χ0) is 12.9. The Bertz CT molecular complexity index is 485. The molecule has 0 aliphatic rings. The molecule has 0 saturated carbocycles. The summed E-state index contributed by atoms with van der Waals surface area (Å²) < 4.78 is 24.3. The van der Waals surface area contributed by atoms with E-state index in [4.69, 9.17) is 5.11 Å². The first-order valence-corrected chi connectivity index (χ1v) is 6.32. The summed E-state index contributed by atoms with van der Waals surface area (Å²) in [6.45, 7) is 0.157. The number of hydrogen-bond acceptors (Lipinski definition) is 6. The lowest BCUT2D eigenvalue weighted by atomic mass is 10.4. The summed E-state index contributed by atoms with van der Waals surface area (Å²) in [5.41, 5.74) is -0.168. The Kier molecular flexibility index (Phi) is 4.35. The van der Waals surface area contributed by atoms with Gasteiger partial charge < -0.3 is 10.4 Å². The highest BCUT2D eigenvalue weighted by Crippen LogP contribution is 2.01. The predicted molar refractivity (Wildman–Crippen MR) is 60.3 cm³/mol. The van der Waals surface area contributed by atoms with E-state index in [1.165, 1.54) is 19.2 Å². The number of nitrogens with zero attached hydrogens (tertiary/aromatic N) is 2. The fourth-order valence-corrected chi connectivity index (χ4v) is 1.53. The molecule has 0 aliphatic carbocycles. The van der Waals surface area contributed by atoms with Gasteiger partial charge in [0.2, 0.25) is 10.0 Å². The molecule has 0 unspecified atom stereocenters. The molecule has 0 bridgehead atoms. The van der Waals surface area contributed by atoms with Gasteiger partial charge in [0.1, 0.15) is 5.82 Å². The van der Waals surface area contributed by atoms with Crippen molar-refractivity contribution in [3.8, 4) is 0 Å². The number of nitrogens with one attached hydrogen (secondary N) is 2. The van der Waals surface area contributed by atoms with E-state index in [2.05, 4.69) is 20.2 Å². The van der Waals surface area contributed by atoms with Gasteiger partial charge in [0, 0.05) is 6.54 Å². The number of anilines is 1. The van der Waals surface area contributed by atoms with Crippen molar-refractivity contribution in [2.45, 2.75) is 0 Å². The van der Waals surface area contributed by atoms with Crippen LogP contribution in [0.25, 0.3) is 0 Å². The van der Waals surface area contributed by atoms with Gasteiger partial charge in [-0.05, 0) is 19.2 Å². The van der Waals surface area contributed by atoms with E-state index in [0.29, 0.717) is 5.82 Å². The van der Waals surface area contributed by atoms with Crippen LogP contribution in [0.4, 0.5) is 5.82 Å². The number of carboxylic acid groups (broad SMARTS) is 1. The monoisotopic (exact) mass is 260 g/mol. The molecule has 94 valence electrons. The third-order valence-electron chi connectivity index (χ3n) is 1.87. The van der Waals surface area contributed by atoms with Crippen LogP contribution in [0.15, 0.2) is 12.1 Å². The summed E-state index contributed by atoms with van der Waals surface area (Å²) in [5, 5.41) is 18.3. The Balaban J connectivity index is 2.51. The number of carbonyl (C=O) groups is 1. The fraction of sp³-hybridized carbons (Fsp3) is 0.375. The van der Waals surface area contributed by atoms with Crippen LogP contribution in [0, 0.1) is 0 Å². The van der Waals surface area contributed by atoms with Gasteiger partial charge in [0.15, 0.2) is 5.69 Å². The molecule has 0 saturated heterocycles. The lowest BCUT2D eigenvalue weighted by Crippen LogP contribution is -2.26. The minimum absolute atomic E-state index is 0.105. The molecule has 0 aromatic carbocycles. The summed E-state index contributed by atoms with van der Waals surface area (Å²) >= 11 is 0. The first-order valence-electron chi connectivity index (χ1n) is 4.67. The summed E-state index contributed by atoms with van der Waals surface area (Å²) in [5.74, 6) is -0.950. The van der Waals surface area contributed by atoms with E-state index in [9.17, 15) is 13.2 Å². The second-order valence-electron chi connectivity index (χ2n) is 3.06. The van der Waals surface area contributed by atoms with Crippen LogP contribution < -0.4 is 10.0 Å². The van der Waals surface area contributed by atoms with Gasteiger partial charge >= 0.3 is 5.97 Å². The quantitative estimate of drug-likeness (QED) is 0.608. The second-order valence-corrected chi connectivity index (χ2v) is 5.10. The maximum Gasteiger partial charge on any atom is 0.356 e. The fourth-order valence-electron chi connectivity index (χ4n) is 0.956. The second kappa shape index (κ2) is 5.55. The molecule has 8 nitrogen and oxygen atoms in total. The average Bonchev–Trinajstić information content (AvgIpc) is 2.29. The summed E-state index contributed by atoms with van der Waals surface area (Å²) in [7, 11) is -1.94. The molecule has 0 amide bonds. The Morgan fingerprint density at radius 3 is 2.59 bits per heavy atom. The summed E-state index contributed by atoms with van der Waals surface area (Å²) in [4.78, 5) is 10.5. The van der Waals surface area contributed by atoms with Crippen LogP contribution in [0.3, 0.4) is 0 Å². The molecule has 1 heterocycles. The third kappa shape index (κ3) is 4.33. The van der Waals surface area contributed by atoms with Crippen molar-refractivity contribution >= 4 is 21.8 Å². The van der Waals surface area contributed by atoms with E-state index in [1.54, 1.807) is 0 Å². The maximum atomic E-state index is 11.1.